The number of carbonyl (C=O) groups is 1. The molecule has 15 heavy (non-hydrogen) atoms. The highest BCUT2D eigenvalue weighted by Crippen LogP contribution is 2.42. The van der Waals surface area contributed by atoms with E-state index in [4.69, 9.17) is 5.11 Å². The first kappa shape index (κ1) is 12.3. The molecule has 0 aromatic carbocycles. The van der Waals surface area contributed by atoms with Crippen LogP contribution in [-0.2, 0) is 4.79 Å². The molecule has 0 radical (unpaired) electrons. The summed E-state index contributed by atoms with van der Waals surface area (Å²) in [4.78, 5) is 10.4. The van der Waals surface area contributed by atoms with Crippen LogP contribution in [0, 0.1) is 5.92 Å². The van der Waals surface area contributed by atoms with Crippen LogP contribution in [0.3, 0.4) is 0 Å². The number of halogens is 3. The standard InChI is InChI=1S/C9H13F3O3/c10-9(11,12)6-2-1-3-8(15,4-6)5-7(13)14/h6,15H,1-5H2,(H,13,14). The molecule has 0 spiro atoms. The van der Waals surface area contributed by atoms with Crippen LogP contribution in [0.15, 0.2) is 0 Å². The van der Waals surface area contributed by atoms with Crippen LogP contribution in [0.1, 0.15) is 32.1 Å². The van der Waals surface area contributed by atoms with Crippen molar-refractivity contribution in [1.29, 1.82) is 0 Å². The van der Waals surface area contributed by atoms with E-state index in [2.05, 4.69) is 0 Å². The summed E-state index contributed by atoms with van der Waals surface area (Å²) in [6.07, 6.45) is -5.12. The van der Waals surface area contributed by atoms with Gasteiger partial charge in [-0.15, -0.1) is 0 Å². The molecule has 2 unspecified atom stereocenters. The third-order valence-electron chi connectivity index (χ3n) is 2.76. The summed E-state index contributed by atoms with van der Waals surface area (Å²) in [6, 6.07) is 0. The van der Waals surface area contributed by atoms with E-state index < -0.39 is 36.5 Å². The molecule has 0 saturated heterocycles. The number of alkyl halides is 3. The van der Waals surface area contributed by atoms with Gasteiger partial charge in [-0.25, -0.2) is 0 Å². The number of carboxylic acid groups (broad SMARTS) is 1. The van der Waals surface area contributed by atoms with Crippen molar-refractivity contribution in [3.8, 4) is 0 Å². The van der Waals surface area contributed by atoms with Gasteiger partial charge in [-0.3, -0.25) is 4.79 Å². The minimum atomic E-state index is -4.34. The second kappa shape index (κ2) is 4.00. The van der Waals surface area contributed by atoms with Gasteiger partial charge in [0.1, 0.15) is 0 Å². The van der Waals surface area contributed by atoms with Crippen LogP contribution in [0.2, 0.25) is 0 Å². The number of hydrogen-bond acceptors (Lipinski definition) is 2. The molecule has 2 N–H and O–H groups in total. The van der Waals surface area contributed by atoms with Crippen LogP contribution < -0.4 is 0 Å². The molecule has 88 valence electrons. The molecule has 1 fully saturated rings. The molecule has 0 heterocycles. The Bertz CT molecular complexity index is 251. The smallest absolute Gasteiger partial charge is 0.391 e. The Kier molecular flexibility index (Phi) is 3.28. The summed E-state index contributed by atoms with van der Waals surface area (Å²) in [5.41, 5.74) is -1.69. The molecule has 0 aromatic rings. The highest BCUT2D eigenvalue weighted by Gasteiger charge is 2.47. The van der Waals surface area contributed by atoms with Gasteiger partial charge in [-0.05, 0) is 25.7 Å². The van der Waals surface area contributed by atoms with Crippen molar-refractivity contribution < 1.29 is 28.2 Å². The predicted molar refractivity (Wildman–Crippen MR) is 45.2 cm³/mol. The average Bonchev–Trinajstić information content (AvgIpc) is 1.99. The maximum absolute atomic E-state index is 12.4. The van der Waals surface area contributed by atoms with E-state index in [1.165, 1.54) is 0 Å². The lowest BCUT2D eigenvalue weighted by atomic mass is 9.76. The Labute approximate surface area is 84.9 Å². The molecule has 1 rings (SSSR count). The SMILES string of the molecule is O=C(O)CC1(O)CCCC(C(F)(F)F)C1. The Balaban J connectivity index is 2.66. The van der Waals surface area contributed by atoms with Gasteiger partial charge < -0.3 is 10.2 Å². The lowest BCUT2D eigenvalue weighted by Gasteiger charge is -2.36. The Hall–Kier alpha value is -0.780. The quantitative estimate of drug-likeness (QED) is 0.756. The minimum Gasteiger partial charge on any atom is -0.481 e. The van der Waals surface area contributed by atoms with Crippen molar-refractivity contribution in [3.05, 3.63) is 0 Å². The van der Waals surface area contributed by atoms with Crippen LogP contribution >= 0.6 is 0 Å². The van der Waals surface area contributed by atoms with Gasteiger partial charge in [0, 0.05) is 0 Å². The third-order valence-corrected chi connectivity index (χ3v) is 2.76. The normalized spacial score (nSPS) is 32.7. The van der Waals surface area contributed by atoms with E-state index in [0.717, 1.165) is 0 Å². The van der Waals surface area contributed by atoms with E-state index >= 15 is 0 Å². The van der Waals surface area contributed by atoms with Crippen molar-refractivity contribution in [2.75, 3.05) is 0 Å². The molecule has 1 aliphatic carbocycles. The zero-order chi connectivity index (χ0) is 11.7. The molecule has 1 aliphatic rings. The van der Waals surface area contributed by atoms with Crippen molar-refractivity contribution in [2.45, 2.75) is 43.9 Å². The van der Waals surface area contributed by atoms with Crippen molar-refractivity contribution in [2.24, 2.45) is 5.92 Å². The van der Waals surface area contributed by atoms with E-state index in [-0.39, 0.29) is 19.3 Å². The summed E-state index contributed by atoms with van der Waals surface area (Å²) in [5.74, 6) is -2.84. The molecule has 6 heteroatoms. The van der Waals surface area contributed by atoms with Crippen molar-refractivity contribution in [1.82, 2.24) is 0 Å². The first-order chi connectivity index (χ1) is 6.73. The summed E-state index contributed by atoms with van der Waals surface area (Å²) in [5, 5.41) is 18.2. The summed E-state index contributed by atoms with van der Waals surface area (Å²) in [7, 11) is 0. The molecule has 2 atom stereocenters. The molecule has 0 amide bonds. The number of rotatable bonds is 2. The lowest BCUT2D eigenvalue weighted by Crippen LogP contribution is -2.41. The van der Waals surface area contributed by atoms with E-state index in [9.17, 15) is 23.1 Å². The van der Waals surface area contributed by atoms with Gasteiger partial charge in [0.25, 0.3) is 0 Å². The summed E-state index contributed by atoms with van der Waals surface area (Å²) in [6.45, 7) is 0. The van der Waals surface area contributed by atoms with Crippen LogP contribution in [0.5, 0.6) is 0 Å². The van der Waals surface area contributed by atoms with Crippen LogP contribution in [0.4, 0.5) is 13.2 Å². The third kappa shape index (κ3) is 3.37. The Morgan fingerprint density at radius 1 is 1.47 bits per heavy atom. The first-order valence-electron chi connectivity index (χ1n) is 4.74. The highest BCUT2D eigenvalue weighted by atomic mass is 19.4. The zero-order valence-electron chi connectivity index (χ0n) is 8.05. The molecular formula is C9H13F3O3. The molecule has 3 nitrogen and oxygen atoms in total. The minimum absolute atomic E-state index is 0.0224. The number of aliphatic hydroxyl groups is 1. The largest absolute Gasteiger partial charge is 0.481 e. The van der Waals surface area contributed by atoms with Crippen LogP contribution in [0.25, 0.3) is 0 Å². The van der Waals surface area contributed by atoms with E-state index in [0.29, 0.717) is 0 Å². The van der Waals surface area contributed by atoms with Gasteiger partial charge in [-0.2, -0.15) is 13.2 Å². The second-order valence-corrected chi connectivity index (χ2v) is 4.13. The van der Waals surface area contributed by atoms with E-state index in [1.807, 2.05) is 0 Å². The molecule has 0 aliphatic heterocycles. The summed E-state index contributed by atoms with van der Waals surface area (Å²) < 4.78 is 37.1. The number of hydrogen-bond donors (Lipinski definition) is 2. The van der Waals surface area contributed by atoms with Crippen molar-refractivity contribution in [3.63, 3.8) is 0 Å². The highest BCUT2D eigenvalue weighted by molar-refractivity contribution is 5.68. The fourth-order valence-corrected chi connectivity index (χ4v) is 2.06. The monoisotopic (exact) mass is 226 g/mol. The van der Waals surface area contributed by atoms with Gasteiger partial charge in [0.15, 0.2) is 0 Å². The fraction of sp³-hybridized carbons (Fsp3) is 0.889. The first-order valence-corrected chi connectivity index (χ1v) is 4.74. The average molecular weight is 226 g/mol. The fourth-order valence-electron chi connectivity index (χ4n) is 2.06. The van der Waals surface area contributed by atoms with Gasteiger partial charge >= 0.3 is 12.1 Å². The van der Waals surface area contributed by atoms with Gasteiger partial charge in [-0.1, -0.05) is 0 Å². The number of carboxylic acids is 1. The number of aliphatic carboxylic acids is 1. The predicted octanol–water partition coefficient (Wildman–Crippen LogP) is 1.94. The van der Waals surface area contributed by atoms with Crippen LogP contribution in [-0.4, -0.2) is 28.0 Å². The van der Waals surface area contributed by atoms with E-state index in [1.54, 1.807) is 0 Å². The Morgan fingerprint density at radius 3 is 2.53 bits per heavy atom. The van der Waals surface area contributed by atoms with Gasteiger partial charge in [0.05, 0.1) is 17.9 Å². The second-order valence-electron chi connectivity index (χ2n) is 4.13. The topological polar surface area (TPSA) is 57.5 Å². The van der Waals surface area contributed by atoms with Crippen molar-refractivity contribution >= 4 is 5.97 Å². The maximum atomic E-state index is 12.4. The Morgan fingerprint density at radius 2 is 2.07 bits per heavy atom. The zero-order valence-corrected chi connectivity index (χ0v) is 8.05. The summed E-state index contributed by atoms with van der Waals surface area (Å²) >= 11 is 0. The molecule has 0 bridgehead atoms. The lowest BCUT2D eigenvalue weighted by molar-refractivity contribution is -0.202. The molecule has 1 saturated carbocycles. The molecular weight excluding hydrogens is 213 g/mol. The maximum Gasteiger partial charge on any atom is 0.391 e. The molecule has 0 aromatic heterocycles. The van der Waals surface area contributed by atoms with Gasteiger partial charge in [0.2, 0.25) is 0 Å².